The van der Waals surface area contributed by atoms with Crippen LogP contribution in [0.15, 0.2) is 24.3 Å². The fourth-order valence-corrected chi connectivity index (χ4v) is 1.88. The Hall–Kier alpha value is -1.06. The van der Waals surface area contributed by atoms with Crippen LogP contribution in [0.1, 0.15) is 25.3 Å². The molecule has 1 saturated carbocycles. The van der Waals surface area contributed by atoms with Crippen LogP contribution in [0.5, 0.6) is 0 Å². The first kappa shape index (κ1) is 12.4. The highest BCUT2D eigenvalue weighted by atomic mass is 35.5. The summed E-state index contributed by atoms with van der Waals surface area (Å²) in [5, 5.41) is 13.2. The Morgan fingerprint density at radius 1 is 1.47 bits per heavy atom. The maximum absolute atomic E-state index is 11.4. The fourth-order valence-electron chi connectivity index (χ4n) is 1.75. The van der Waals surface area contributed by atoms with Crippen molar-refractivity contribution in [2.75, 3.05) is 6.54 Å². The van der Waals surface area contributed by atoms with Gasteiger partial charge in [0.15, 0.2) is 0 Å². The van der Waals surface area contributed by atoms with Gasteiger partial charge < -0.3 is 5.11 Å². The largest absolute Gasteiger partial charge is 0.480 e. The summed E-state index contributed by atoms with van der Waals surface area (Å²) in [6.45, 7) is 2.45. The van der Waals surface area contributed by atoms with Gasteiger partial charge in [-0.1, -0.05) is 23.7 Å². The third-order valence-corrected chi connectivity index (χ3v) is 3.54. The molecule has 2 N–H and O–H groups in total. The first-order chi connectivity index (χ1) is 8.02. The fraction of sp³-hybridized carbons (Fsp3) is 0.462. The Bertz CT molecular complexity index is 414. The number of benzene rings is 1. The van der Waals surface area contributed by atoms with Gasteiger partial charge in [-0.3, -0.25) is 5.32 Å². The molecular formula is C13H16ClNO2. The standard InChI is InChI=1S/C13H16ClNO2/c1-13(12(16)17,15-8-9-2-3-9)10-4-6-11(14)7-5-10/h4-7,9,15H,2-3,8H2,1H3,(H,16,17). The second-order valence-corrected chi connectivity index (χ2v) is 5.20. The monoisotopic (exact) mass is 253 g/mol. The number of halogens is 1. The molecule has 0 bridgehead atoms. The van der Waals surface area contributed by atoms with Gasteiger partial charge in [0.1, 0.15) is 5.54 Å². The highest BCUT2D eigenvalue weighted by molar-refractivity contribution is 6.30. The van der Waals surface area contributed by atoms with Crippen LogP contribution in [0, 0.1) is 5.92 Å². The lowest BCUT2D eigenvalue weighted by Crippen LogP contribution is -2.47. The third-order valence-electron chi connectivity index (χ3n) is 3.29. The lowest BCUT2D eigenvalue weighted by Gasteiger charge is -2.27. The van der Waals surface area contributed by atoms with E-state index < -0.39 is 11.5 Å². The molecule has 0 saturated heterocycles. The molecule has 0 heterocycles. The molecule has 1 atom stereocenters. The average Bonchev–Trinajstić information content (AvgIpc) is 3.10. The minimum Gasteiger partial charge on any atom is -0.480 e. The predicted molar refractivity (Wildman–Crippen MR) is 67.2 cm³/mol. The van der Waals surface area contributed by atoms with Gasteiger partial charge in [0, 0.05) is 5.02 Å². The summed E-state index contributed by atoms with van der Waals surface area (Å²) in [4.78, 5) is 11.4. The number of hydrogen-bond acceptors (Lipinski definition) is 2. The molecule has 1 unspecified atom stereocenters. The van der Waals surface area contributed by atoms with Crippen LogP contribution in [-0.2, 0) is 10.3 Å². The van der Waals surface area contributed by atoms with Gasteiger partial charge in [0.25, 0.3) is 0 Å². The molecule has 1 aliphatic rings. The second kappa shape index (κ2) is 4.67. The van der Waals surface area contributed by atoms with Crippen molar-refractivity contribution in [3.8, 4) is 0 Å². The van der Waals surface area contributed by atoms with Crippen LogP contribution < -0.4 is 5.32 Å². The topological polar surface area (TPSA) is 49.3 Å². The molecular weight excluding hydrogens is 238 g/mol. The first-order valence-electron chi connectivity index (χ1n) is 5.77. The van der Waals surface area contributed by atoms with E-state index in [1.807, 2.05) is 0 Å². The van der Waals surface area contributed by atoms with Crippen molar-refractivity contribution in [1.29, 1.82) is 0 Å². The van der Waals surface area contributed by atoms with Gasteiger partial charge in [0.05, 0.1) is 0 Å². The molecule has 3 nitrogen and oxygen atoms in total. The van der Waals surface area contributed by atoms with Gasteiger partial charge in [-0.25, -0.2) is 4.79 Å². The quantitative estimate of drug-likeness (QED) is 0.848. The number of carboxylic acids is 1. The van der Waals surface area contributed by atoms with Crippen LogP contribution in [-0.4, -0.2) is 17.6 Å². The SMILES string of the molecule is CC(NCC1CC1)(C(=O)O)c1ccc(Cl)cc1. The molecule has 1 aromatic rings. The number of carbonyl (C=O) groups is 1. The molecule has 1 fully saturated rings. The third kappa shape index (κ3) is 2.79. The lowest BCUT2D eigenvalue weighted by atomic mass is 9.92. The highest BCUT2D eigenvalue weighted by Gasteiger charge is 2.36. The molecule has 92 valence electrons. The van der Waals surface area contributed by atoms with E-state index in [-0.39, 0.29) is 0 Å². The van der Waals surface area contributed by atoms with Crippen molar-refractivity contribution in [3.63, 3.8) is 0 Å². The van der Waals surface area contributed by atoms with E-state index in [1.165, 1.54) is 12.8 Å². The van der Waals surface area contributed by atoms with Crippen LogP contribution in [0.2, 0.25) is 5.02 Å². The zero-order valence-electron chi connectivity index (χ0n) is 9.74. The zero-order chi connectivity index (χ0) is 12.5. The van der Waals surface area contributed by atoms with Gasteiger partial charge in [-0.05, 0) is 49.9 Å². The van der Waals surface area contributed by atoms with E-state index in [0.29, 0.717) is 10.9 Å². The van der Waals surface area contributed by atoms with Crippen molar-refractivity contribution in [2.45, 2.75) is 25.3 Å². The zero-order valence-corrected chi connectivity index (χ0v) is 10.5. The minimum atomic E-state index is -1.03. The van der Waals surface area contributed by atoms with Gasteiger partial charge in [-0.15, -0.1) is 0 Å². The van der Waals surface area contributed by atoms with E-state index in [9.17, 15) is 9.90 Å². The van der Waals surface area contributed by atoms with Crippen LogP contribution in [0.3, 0.4) is 0 Å². The van der Waals surface area contributed by atoms with E-state index in [0.717, 1.165) is 12.1 Å². The normalized spacial score (nSPS) is 18.7. The van der Waals surface area contributed by atoms with Gasteiger partial charge >= 0.3 is 5.97 Å². The number of nitrogens with one attached hydrogen (secondary N) is 1. The molecule has 0 radical (unpaired) electrons. The maximum Gasteiger partial charge on any atom is 0.328 e. The molecule has 0 aromatic heterocycles. The summed E-state index contributed by atoms with van der Waals surface area (Å²) >= 11 is 5.81. The van der Waals surface area contributed by atoms with Crippen molar-refractivity contribution < 1.29 is 9.90 Å². The second-order valence-electron chi connectivity index (χ2n) is 4.76. The molecule has 2 rings (SSSR count). The van der Waals surface area contributed by atoms with Gasteiger partial charge in [0.2, 0.25) is 0 Å². The van der Waals surface area contributed by atoms with Crippen molar-refractivity contribution >= 4 is 17.6 Å². The highest BCUT2D eigenvalue weighted by Crippen LogP contribution is 2.30. The Kier molecular flexibility index (Phi) is 3.40. The van der Waals surface area contributed by atoms with Crippen LogP contribution in [0.4, 0.5) is 0 Å². The van der Waals surface area contributed by atoms with Crippen LogP contribution in [0.25, 0.3) is 0 Å². The van der Waals surface area contributed by atoms with Gasteiger partial charge in [-0.2, -0.15) is 0 Å². The Morgan fingerprint density at radius 3 is 2.53 bits per heavy atom. The summed E-state index contributed by atoms with van der Waals surface area (Å²) in [6.07, 6.45) is 2.40. The summed E-state index contributed by atoms with van der Waals surface area (Å²) in [6, 6.07) is 6.96. The Morgan fingerprint density at radius 2 is 2.06 bits per heavy atom. The van der Waals surface area contributed by atoms with E-state index in [4.69, 9.17) is 11.6 Å². The predicted octanol–water partition coefficient (Wildman–Crippen LogP) is 2.64. The molecule has 1 aromatic carbocycles. The van der Waals surface area contributed by atoms with Crippen molar-refractivity contribution in [1.82, 2.24) is 5.32 Å². The summed E-state index contributed by atoms with van der Waals surface area (Å²) in [5.74, 6) is -0.221. The van der Waals surface area contributed by atoms with Crippen LogP contribution >= 0.6 is 11.6 Å². The maximum atomic E-state index is 11.4. The van der Waals surface area contributed by atoms with E-state index in [1.54, 1.807) is 31.2 Å². The van der Waals surface area contributed by atoms with E-state index in [2.05, 4.69) is 5.32 Å². The van der Waals surface area contributed by atoms with E-state index >= 15 is 0 Å². The molecule has 4 heteroatoms. The lowest BCUT2D eigenvalue weighted by molar-refractivity contribution is -0.144. The average molecular weight is 254 g/mol. The summed E-state index contributed by atoms with van der Waals surface area (Å²) < 4.78 is 0. The molecule has 17 heavy (non-hydrogen) atoms. The number of hydrogen-bond donors (Lipinski definition) is 2. The van der Waals surface area contributed by atoms with Crippen molar-refractivity contribution in [2.24, 2.45) is 5.92 Å². The number of aliphatic carboxylic acids is 1. The smallest absolute Gasteiger partial charge is 0.328 e. The summed E-state index contributed by atoms with van der Waals surface area (Å²) in [7, 11) is 0. The molecule has 1 aliphatic carbocycles. The molecule has 0 spiro atoms. The first-order valence-corrected chi connectivity index (χ1v) is 6.14. The number of rotatable bonds is 5. The Labute approximate surface area is 106 Å². The summed E-state index contributed by atoms with van der Waals surface area (Å²) in [5.41, 5.74) is -0.303. The number of carboxylic acid groups (broad SMARTS) is 1. The van der Waals surface area contributed by atoms with Crippen molar-refractivity contribution in [3.05, 3.63) is 34.9 Å². The molecule has 0 aliphatic heterocycles. The minimum absolute atomic E-state index is 0.615. The molecule has 0 amide bonds. The Balaban J connectivity index is 2.19.